The Morgan fingerprint density at radius 3 is 2.61 bits per heavy atom. The highest BCUT2D eigenvalue weighted by molar-refractivity contribution is 5.80. The first-order chi connectivity index (χ1) is 18.2. The van der Waals surface area contributed by atoms with Crippen LogP contribution in [0.1, 0.15) is 82.8 Å². The van der Waals surface area contributed by atoms with Crippen LogP contribution in [0.25, 0.3) is 5.65 Å². The van der Waals surface area contributed by atoms with Gasteiger partial charge in [-0.05, 0) is 71.4 Å². The number of fused-ring (bicyclic) bond motifs is 1. The number of rotatable bonds is 5. The zero-order valence-electron chi connectivity index (χ0n) is 22.3. The Morgan fingerprint density at radius 2 is 1.87 bits per heavy atom. The molecular formula is C27H36N8O3. The van der Waals surface area contributed by atoms with Gasteiger partial charge in [0, 0.05) is 49.4 Å². The number of piperidine rings is 1. The van der Waals surface area contributed by atoms with Crippen molar-refractivity contribution in [2.45, 2.75) is 76.9 Å². The number of amides is 2. The third kappa shape index (κ3) is 5.06. The molecule has 202 valence electrons. The van der Waals surface area contributed by atoms with Crippen molar-refractivity contribution in [1.29, 1.82) is 0 Å². The highest BCUT2D eigenvalue weighted by atomic mass is 16.6. The molecule has 2 amide bonds. The predicted octanol–water partition coefficient (Wildman–Crippen LogP) is 4.38. The van der Waals surface area contributed by atoms with Crippen LogP contribution in [-0.2, 0) is 9.53 Å². The molecule has 5 heterocycles. The van der Waals surface area contributed by atoms with Gasteiger partial charge >= 0.3 is 6.09 Å². The van der Waals surface area contributed by atoms with Crippen molar-refractivity contribution in [2.75, 3.05) is 25.0 Å². The van der Waals surface area contributed by atoms with E-state index >= 15 is 0 Å². The minimum atomic E-state index is -0.530. The van der Waals surface area contributed by atoms with Crippen LogP contribution in [0.4, 0.5) is 16.6 Å². The largest absolute Gasteiger partial charge is 0.444 e. The Morgan fingerprint density at radius 1 is 1.08 bits per heavy atom. The molecule has 0 aromatic carbocycles. The fourth-order valence-corrected chi connectivity index (χ4v) is 5.47. The van der Waals surface area contributed by atoms with E-state index in [1.165, 1.54) is 12.8 Å². The highest BCUT2D eigenvalue weighted by Gasteiger charge is 2.38. The summed E-state index contributed by atoms with van der Waals surface area (Å²) in [5.74, 6) is 2.60. The minimum absolute atomic E-state index is 0.117. The standard InChI is InChI=1S/C27H36N8O3/c1-27(2,3)38-26(37)33-14-10-18(11-15-33)24(36)34-12-4-6-20(34)23-29-22-7-5-13-35(22)25(30-23)28-21-16-19(31-32-21)17-8-9-17/h5,7,13,16-18,20H,4,6,8-12,14-15H2,1-3H3,(H2,28,29,30,31,32). The van der Waals surface area contributed by atoms with Crippen LogP contribution < -0.4 is 5.32 Å². The summed E-state index contributed by atoms with van der Waals surface area (Å²) in [6.07, 6.45) is 7.02. The van der Waals surface area contributed by atoms with Gasteiger partial charge < -0.3 is 19.9 Å². The van der Waals surface area contributed by atoms with E-state index in [1.807, 2.05) is 54.5 Å². The minimum Gasteiger partial charge on any atom is -0.444 e. The molecule has 11 heteroatoms. The van der Waals surface area contributed by atoms with E-state index in [0.29, 0.717) is 50.2 Å². The van der Waals surface area contributed by atoms with Gasteiger partial charge in [-0.2, -0.15) is 10.1 Å². The number of aromatic nitrogens is 5. The smallest absolute Gasteiger partial charge is 0.410 e. The molecule has 0 radical (unpaired) electrons. The molecule has 0 bridgehead atoms. The normalized spacial score (nSPS) is 20.8. The van der Waals surface area contributed by atoms with Crippen molar-refractivity contribution in [2.24, 2.45) is 5.92 Å². The van der Waals surface area contributed by atoms with Gasteiger partial charge in [-0.3, -0.25) is 14.3 Å². The van der Waals surface area contributed by atoms with Crippen LogP contribution in [-0.4, -0.2) is 71.6 Å². The number of hydrogen-bond acceptors (Lipinski definition) is 7. The molecule has 3 aromatic rings. The Bertz CT molecular complexity index is 1330. The maximum absolute atomic E-state index is 13.7. The van der Waals surface area contributed by atoms with Crippen LogP contribution in [0.2, 0.25) is 0 Å². The summed E-state index contributed by atoms with van der Waals surface area (Å²) >= 11 is 0. The number of nitrogens with one attached hydrogen (secondary N) is 2. The fourth-order valence-electron chi connectivity index (χ4n) is 5.47. The van der Waals surface area contributed by atoms with Crippen LogP contribution in [0.15, 0.2) is 24.4 Å². The van der Waals surface area contributed by atoms with Gasteiger partial charge in [0.05, 0.1) is 6.04 Å². The maximum atomic E-state index is 13.7. The molecular weight excluding hydrogens is 484 g/mol. The van der Waals surface area contributed by atoms with E-state index < -0.39 is 5.60 Å². The predicted molar refractivity (Wildman–Crippen MR) is 141 cm³/mol. The average Bonchev–Trinajstić information content (AvgIpc) is 3.24. The van der Waals surface area contributed by atoms with E-state index in [1.54, 1.807) is 4.90 Å². The molecule has 2 N–H and O–H groups in total. The van der Waals surface area contributed by atoms with Crippen LogP contribution in [0.5, 0.6) is 0 Å². The van der Waals surface area contributed by atoms with E-state index in [9.17, 15) is 9.59 Å². The third-order valence-electron chi connectivity index (χ3n) is 7.59. The number of aromatic amines is 1. The molecule has 38 heavy (non-hydrogen) atoms. The third-order valence-corrected chi connectivity index (χ3v) is 7.59. The molecule has 3 aliphatic rings. The van der Waals surface area contributed by atoms with Crippen molar-refractivity contribution in [3.8, 4) is 0 Å². The lowest BCUT2D eigenvalue weighted by atomic mass is 9.95. The van der Waals surface area contributed by atoms with Crippen molar-refractivity contribution >= 4 is 29.4 Å². The first kappa shape index (κ1) is 24.7. The topological polar surface area (TPSA) is 121 Å². The zero-order valence-corrected chi connectivity index (χ0v) is 22.3. The molecule has 2 aliphatic heterocycles. The van der Waals surface area contributed by atoms with E-state index in [-0.39, 0.29) is 24.0 Å². The lowest BCUT2D eigenvalue weighted by molar-refractivity contribution is -0.138. The molecule has 1 unspecified atom stereocenters. The summed E-state index contributed by atoms with van der Waals surface area (Å²) in [5.41, 5.74) is 1.40. The summed E-state index contributed by atoms with van der Waals surface area (Å²) in [5, 5.41) is 10.9. The van der Waals surface area contributed by atoms with E-state index in [2.05, 4.69) is 15.5 Å². The number of nitrogens with zero attached hydrogens (tertiary/aromatic N) is 6. The van der Waals surface area contributed by atoms with Gasteiger partial charge in [-0.25, -0.2) is 9.78 Å². The summed E-state index contributed by atoms with van der Waals surface area (Å²) < 4.78 is 7.41. The lowest BCUT2D eigenvalue weighted by Gasteiger charge is -2.35. The van der Waals surface area contributed by atoms with Gasteiger partial charge in [-0.15, -0.1) is 0 Å². The van der Waals surface area contributed by atoms with Gasteiger partial charge in [0.15, 0.2) is 11.6 Å². The number of H-pyrrole nitrogens is 1. The van der Waals surface area contributed by atoms with Gasteiger partial charge in [-0.1, -0.05) is 0 Å². The Balaban J connectivity index is 1.17. The average molecular weight is 521 g/mol. The van der Waals surface area contributed by atoms with Crippen molar-refractivity contribution in [3.05, 3.63) is 35.9 Å². The van der Waals surface area contributed by atoms with Gasteiger partial charge in [0.1, 0.15) is 11.2 Å². The highest BCUT2D eigenvalue weighted by Crippen LogP contribution is 2.40. The number of carbonyl (C=O) groups excluding carboxylic acids is 2. The lowest BCUT2D eigenvalue weighted by Crippen LogP contribution is -2.45. The molecule has 3 fully saturated rings. The second-order valence-corrected chi connectivity index (χ2v) is 11.7. The summed E-state index contributed by atoms with van der Waals surface area (Å²) in [4.78, 5) is 39.5. The fraction of sp³-hybridized carbons (Fsp3) is 0.593. The van der Waals surface area contributed by atoms with Crippen LogP contribution in [0, 0.1) is 5.92 Å². The number of hydrogen-bond donors (Lipinski definition) is 2. The second-order valence-electron chi connectivity index (χ2n) is 11.7. The molecule has 6 rings (SSSR count). The second kappa shape index (κ2) is 9.59. The SMILES string of the molecule is CC(C)(C)OC(=O)N1CCC(C(=O)N2CCCC2c2nc(Nc3cc(C4CC4)[nH]n3)n3cccc3n2)CC1. The molecule has 1 saturated carbocycles. The summed E-state index contributed by atoms with van der Waals surface area (Å²) in [6, 6.07) is 5.76. The Labute approximate surface area is 222 Å². The zero-order chi connectivity index (χ0) is 26.4. The Hall–Kier alpha value is -3.63. The van der Waals surface area contributed by atoms with Crippen LogP contribution >= 0.6 is 0 Å². The molecule has 0 spiro atoms. The van der Waals surface area contributed by atoms with Gasteiger partial charge in [0.2, 0.25) is 11.9 Å². The van der Waals surface area contributed by atoms with Crippen LogP contribution in [0.3, 0.4) is 0 Å². The first-order valence-electron chi connectivity index (χ1n) is 13.7. The van der Waals surface area contributed by atoms with E-state index in [0.717, 1.165) is 30.0 Å². The number of likely N-dealkylation sites (tertiary alicyclic amines) is 2. The van der Waals surface area contributed by atoms with Gasteiger partial charge in [0.25, 0.3) is 0 Å². The summed E-state index contributed by atoms with van der Waals surface area (Å²) in [6.45, 7) is 7.34. The van der Waals surface area contributed by atoms with E-state index in [4.69, 9.17) is 14.7 Å². The van der Waals surface area contributed by atoms with Crippen molar-refractivity contribution in [1.82, 2.24) is 34.4 Å². The van der Waals surface area contributed by atoms with Crippen molar-refractivity contribution in [3.63, 3.8) is 0 Å². The first-order valence-corrected chi connectivity index (χ1v) is 13.7. The molecule has 11 nitrogen and oxygen atoms in total. The quantitative estimate of drug-likeness (QED) is 0.512. The molecule has 1 aliphatic carbocycles. The molecule has 1 atom stereocenters. The number of ether oxygens (including phenoxy) is 1. The molecule has 2 saturated heterocycles. The monoisotopic (exact) mass is 520 g/mol. The molecule has 3 aromatic heterocycles. The van der Waals surface area contributed by atoms with Crippen molar-refractivity contribution < 1.29 is 14.3 Å². The number of carbonyl (C=O) groups is 2. The Kier molecular flexibility index (Phi) is 6.23. The number of anilines is 2. The summed E-state index contributed by atoms with van der Waals surface area (Å²) in [7, 11) is 0. The maximum Gasteiger partial charge on any atom is 0.410 e.